The van der Waals surface area contributed by atoms with E-state index in [4.69, 9.17) is 0 Å². The van der Waals surface area contributed by atoms with E-state index in [9.17, 15) is 0 Å². The van der Waals surface area contributed by atoms with Gasteiger partial charge in [-0.3, -0.25) is 0 Å². The molecule has 1 heteroatoms. The van der Waals surface area contributed by atoms with Crippen LogP contribution in [0.5, 0.6) is 0 Å². The van der Waals surface area contributed by atoms with E-state index in [2.05, 4.69) is 19.3 Å². The summed E-state index contributed by atoms with van der Waals surface area (Å²) in [5.74, 6) is 4.28. The van der Waals surface area contributed by atoms with Crippen molar-refractivity contribution in [3.63, 3.8) is 0 Å². The van der Waals surface area contributed by atoms with Gasteiger partial charge in [0.2, 0.25) is 0 Å². The van der Waals surface area contributed by atoms with E-state index in [0.717, 1.165) is 23.7 Å². The molecule has 0 saturated heterocycles. The molecule has 0 heterocycles. The first-order valence-electron chi connectivity index (χ1n) is 6.44. The average molecular weight is 195 g/mol. The van der Waals surface area contributed by atoms with Crippen molar-refractivity contribution >= 4 is 0 Å². The first-order valence-corrected chi connectivity index (χ1v) is 6.44. The Balaban J connectivity index is 1.70. The molecule has 0 spiro atoms. The minimum absolute atomic E-state index is 0.937. The lowest BCUT2D eigenvalue weighted by molar-refractivity contribution is 0.269. The van der Waals surface area contributed by atoms with E-state index < -0.39 is 0 Å². The van der Waals surface area contributed by atoms with Crippen LogP contribution in [0, 0.1) is 23.7 Å². The van der Waals surface area contributed by atoms with Crippen LogP contribution in [-0.2, 0) is 0 Å². The average Bonchev–Trinajstić information content (AvgIpc) is 2.76. The molecule has 0 aromatic heterocycles. The molecular formula is C13H25N. The van der Waals surface area contributed by atoms with Crippen LogP contribution in [0.25, 0.3) is 0 Å². The Hall–Kier alpha value is -0.0400. The summed E-state index contributed by atoms with van der Waals surface area (Å²) >= 11 is 0. The lowest BCUT2D eigenvalue weighted by atomic mass is 9.82. The number of fused-ring (bicyclic) bond motifs is 2. The van der Waals surface area contributed by atoms with Gasteiger partial charge in [-0.1, -0.05) is 13.3 Å². The molecule has 2 saturated carbocycles. The smallest absolute Gasteiger partial charge is 0.00494 e. The van der Waals surface area contributed by atoms with E-state index in [-0.39, 0.29) is 0 Å². The Morgan fingerprint density at radius 1 is 1.29 bits per heavy atom. The van der Waals surface area contributed by atoms with Gasteiger partial charge in [-0.2, -0.15) is 0 Å². The monoisotopic (exact) mass is 195 g/mol. The highest BCUT2D eigenvalue weighted by atomic mass is 14.8. The fourth-order valence-corrected chi connectivity index (χ4v) is 3.69. The maximum absolute atomic E-state index is 3.26. The zero-order valence-corrected chi connectivity index (χ0v) is 9.76. The standard InChI is InChI=1S/C13H25N/c1-10(5-6-14-2)7-13-9-11-3-4-12(13)8-11/h10-14H,3-9H2,1-2H3. The van der Waals surface area contributed by atoms with Gasteiger partial charge < -0.3 is 5.32 Å². The fourth-order valence-electron chi connectivity index (χ4n) is 3.69. The van der Waals surface area contributed by atoms with Crippen LogP contribution in [0.15, 0.2) is 0 Å². The summed E-state index contributed by atoms with van der Waals surface area (Å²) in [6.45, 7) is 3.63. The third-order valence-corrected chi connectivity index (χ3v) is 4.48. The van der Waals surface area contributed by atoms with Crippen molar-refractivity contribution in [3.8, 4) is 0 Å². The largest absolute Gasteiger partial charge is 0.320 e. The first kappa shape index (κ1) is 10.5. The molecule has 1 nitrogen and oxygen atoms in total. The van der Waals surface area contributed by atoms with Gasteiger partial charge in [0, 0.05) is 0 Å². The Morgan fingerprint density at radius 2 is 2.14 bits per heavy atom. The summed E-state index contributed by atoms with van der Waals surface area (Å²) < 4.78 is 0. The van der Waals surface area contributed by atoms with Crippen LogP contribution in [0.1, 0.15) is 45.4 Å². The molecule has 14 heavy (non-hydrogen) atoms. The van der Waals surface area contributed by atoms with Crippen molar-refractivity contribution in [2.45, 2.75) is 45.4 Å². The summed E-state index contributed by atoms with van der Waals surface area (Å²) in [6, 6.07) is 0. The molecule has 0 aliphatic heterocycles. The van der Waals surface area contributed by atoms with Crippen LogP contribution in [0.2, 0.25) is 0 Å². The number of hydrogen-bond acceptors (Lipinski definition) is 1. The van der Waals surface area contributed by atoms with Crippen LogP contribution < -0.4 is 5.32 Å². The zero-order chi connectivity index (χ0) is 9.97. The van der Waals surface area contributed by atoms with Crippen molar-refractivity contribution in [2.75, 3.05) is 13.6 Å². The molecule has 4 unspecified atom stereocenters. The van der Waals surface area contributed by atoms with Crippen LogP contribution in [0.4, 0.5) is 0 Å². The molecule has 4 atom stereocenters. The van der Waals surface area contributed by atoms with E-state index >= 15 is 0 Å². The third-order valence-electron chi connectivity index (χ3n) is 4.48. The molecule has 2 fully saturated rings. The minimum atomic E-state index is 0.937. The summed E-state index contributed by atoms with van der Waals surface area (Å²) in [6.07, 6.45) is 9.10. The molecule has 0 amide bonds. The first-order chi connectivity index (χ1) is 6.79. The number of rotatable bonds is 5. The van der Waals surface area contributed by atoms with Gasteiger partial charge in [-0.25, -0.2) is 0 Å². The molecular weight excluding hydrogens is 170 g/mol. The molecule has 2 bridgehead atoms. The Morgan fingerprint density at radius 3 is 2.71 bits per heavy atom. The molecule has 2 aliphatic rings. The number of hydrogen-bond donors (Lipinski definition) is 1. The molecule has 0 aromatic rings. The number of nitrogens with one attached hydrogen (secondary N) is 1. The second-order valence-corrected chi connectivity index (χ2v) is 5.67. The van der Waals surface area contributed by atoms with E-state index in [0.29, 0.717) is 0 Å². The van der Waals surface area contributed by atoms with Gasteiger partial charge in [0.15, 0.2) is 0 Å². The molecule has 0 radical (unpaired) electrons. The summed E-state index contributed by atoms with van der Waals surface area (Å²) in [4.78, 5) is 0. The predicted octanol–water partition coefficient (Wildman–Crippen LogP) is 3.06. The molecule has 1 N–H and O–H groups in total. The van der Waals surface area contributed by atoms with Gasteiger partial charge >= 0.3 is 0 Å². The maximum atomic E-state index is 3.26. The molecule has 82 valence electrons. The summed E-state index contributed by atoms with van der Waals surface area (Å²) in [5.41, 5.74) is 0. The van der Waals surface area contributed by atoms with Crippen molar-refractivity contribution in [2.24, 2.45) is 23.7 Å². The predicted molar refractivity (Wildman–Crippen MR) is 61.3 cm³/mol. The fraction of sp³-hybridized carbons (Fsp3) is 1.00. The van der Waals surface area contributed by atoms with E-state index in [1.807, 2.05) is 0 Å². The highest BCUT2D eigenvalue weighted by Gasteiger charge is 2.39. The highest BCUT2D eigenvalue weighted by molar-refractivity contribution is 4.90. The van der Waals surface area contributed by atoms with Crippen molar-refractivity contribution in [1.82, 2.24) is 5.32 Å². The quantitative estimate of drug-likeness (QED) is 0.711. The van der Waals surface area contributed by atoms with Crippen LogP contribution in [0.3, 0.4) is 0 Å². The zero-order valence-electron chi connectivity index (χ0n) is 9.76. The van der Waals surface area contributed by atoms with Crippen molar-refractivity contribution in [3.05, 3.63) is 0 Å². The molecule has 2 aliphatic carbocycles. The summed E-state index contributed by atoms with van der Waals surface area (Å²) in [5, 5.41) is 3.26. The van der Waals surface area contributed by atoms with Crippen molar-refractivity contribution in [1.29, 1.82) is 0 Å². The third kappa shape index (κ3) is 2.31. The minimum Gasteiger partial charge on any atom is -0.320 e. The van der Waals surface area contributed by atoms with Crippen LogP contribution >= 0.6 is 0 Å². The normalized spacial score (nSPS) is 37.7. The lowest BCUT2D eigenvalue weighted by Gasteiger charge is -2.24. The van der Waals surface area contributed by atoms with Gasteiger partial charge in [-0.05, 0) is 69.4 Å². The van der Waals surface area contributed by atoms with Gasteiger partial charge in [0.05, 0.1) is 0 Å². The van der Waals surface area contributed by atoms with E-state index in [1.54, 1.807) is 25.7 Å². The highest BCUT2D eigenvalue weighted by Crippen LogP contribution is 2.50. The maximum Gasteiger partial charge on any atom is -0.00494 e. The second-order valence-electron chi connectivity index (χ2n) is 5.67. The van der Waals surface area contributed by atoms with Gasteiger partial charge in [-0.15, -0.1) is 0 Å². The van der Waals surface area contributed by atoms with Gasteiger partial charge in [0.1, 0.15) is 0 Å². The topological polar surface area (TPSA) is 12.0 Å². The SMILES string of the molecule is CNCCC(C)CC1CC2CCC1C2. The molecule has 2 rings (SSSR count). The molecule has 0 aromatic carbocycles. The summed E-state index contributed by atoms with van der Waals surface area (Å²) in [7, 11) is 2.06. The van der Waals surface area contributed by atoms with Crippen LogP contribution in [-0.4, -0.2) is 13.6 Å². The Bertz CT molecular complexity index is 178. The Kier molecular flexibility index (Phi) is 3.48. The second kappa shape index (κ2) is 4.65. The van der Waals surface area contributed by atoms with E-state index in [1.165, 1.54) is 19.4 Å². The Labute approximate surface area is 88.7 Å². The lowest BCUT2D eigenvalue weighted by Crippen LogP contribution is -2.17. The van der Waals surface area contributed by atoms with Gasteiger partial charge in [0.25, 0.3) is 0 Å². The van der Waals surface area contributed by atoms with Crippen molar-refractivity contribution < 1.29 is 0 Å².